The summed E-state index contributed by atoms with van der Waals surface area (Å²) in [6.07, 6.45) is 9.54. The second-order valence-electron chi connectivity index (χ2n) is 9.55. The van der Waals surface area contributed by atoms with E-state index in [1.807, 2.05) is 17.0 Å². The molecular weight excluding hydrogens is 406 g/mol. The lowest BCUT2D eigenvalue weighted by atomic mass is 9.78. The van der Waals surface area contributed by atoms with Crippen LogP contribution in [0.2, 0.25) is 0 Å². The van der Waals surface area contributed by atoms with Gasteiger partial charge in [-0.05, 0) is 62.6 Å². The highest BCUT2D eigenvalue weighted by Gasteiger charge is 2.37. The first-order valence-electron chi connectivity index (χ1n) is 12.0. The molecule has 2 amide bonds. The van der Waals surface area contributed by atoms with Crippen molar-refractivity contribution in [3.05, 3.63) is 23.8 Å². The number of amides is 2. The number of nitrogens with zero attached hydrogens (tertiary/aromatic N) is 3. The number of ether oxygens (including phenoxy) is 1. The molecule has 1 aromatic carbocycles. The van der Waals surface area contributed by atoms with E-state index in [1.165, 1.54) is 38.5 Å². The van der Waals surface area contributed by atoms with Gasteiger partial charge in [-0.25, -0.2) is 4.99 Å². The lowest BCUT2D eigenvalue weighted by Crippen LogP contribution is -2.53. The van der Waals surface area contributed by atoms with Gasteiger partial charge in [0.2, 0.25) is 17.8 Å². The first kappa shape index (κ1) is 21.2. The molecule has 0 bridgehead atoms. The molecule has 5 rings (SSSR count). The molecule has 1 saturated carbocycles. The van der Waals surface area contributed by atoms with Crippen LogP contribution in [0.4, 0.5) is 5.69 Å². The van der Waals surface area contributed by atoms with Crippen LogP contribution in [0, 0.1) is 5.92 Å². The molecule has 3 aliphatic heterocycles. The number of carbonyl (C=O) groups is 2. The van der Waals surface area contributed by atoms with Crippen molar-refractivity contribution in [3.8, 4) is 5.75 Å². The molecule has 4 aliphatic rings. The molecule has 3 fully saturated rings. The molecule has 2 saturated heterocycles. The topological polar surface area (TPSA) is 100 Å². The number of fused-ring (bicyclic) bond motifs is 3. The quantitative estimate of drug-likeness (QED) is 0.680. The second-order valence-corrected chi connectivity index (χ2v) is 9.55. The van der Waals surface area contributed by atoms with Crippen LogP contribution in [0.3, 0.4) is 0 Å². The van der Waals surface area contributed by atoms with Crippen molar-refractivity contribution in [2.24, 2.45) is 16.6 Å². The maximum atomic E-state index is 11.7. The molecule has 0 aromatic heterocycles. The summed E-state index contributed by atoms with van der Waals surface area (Å²) in [6.45, 7) is 2.03. The monoisotopic (exact) mass is 439 g/mol. The Balaban J connectivity index is 1.34. The molecule has 3 heterocycles. The number of nitrogens with one attached hydrogen (secondary N) is 1. The Kier molecular flexibility index (Phi) is 6.04. The Labute approximate surface area is 189 Å². The molecule has 1 aliphatic carbocycles. The van der Waals surface area contributed by atoms with Crippen molar-refractivity contribution < 1.29 is 14.3 Å². The normalized spacial score (nSPS) is 25.8. The number of likely N-dealkylation sites (tertiary alicyclic amines) is 1. The third-order valence-corrected chi connectivity index (χ3v) is 7.33. The summed E-state index contributed by atoms with van der Waals surface area (Å²) in [4.78, 5) is 32.2. The minimum atomic E-state index is -0.255. The fourth-order valence-corrected chi connectivity index (χ4v) is 5.83. The molecule has 0 spiro atoms. The van der Waals surface area contributed by atoms with Crippen LogP contribution in [-0.4, -0.2) is 52.9 Å². The van der Waals surface area contributed by atoms with Crippen LogP contribution >= 0.6 is 0 Å². The average molecular weight is 440 g/mol. The number of nitrogens with two attached hydrogens (primary N) is 1. The molecule has 32 heavy (non-hydrogen) atoms. The van der Waals surface area contributed by atoms with Gasteiger partial charge in [-0.1, -0.05) is 12.8 Å². The van der Waals surface area contributed by atoms with Gasteiger partial charge >= 0.3 is 0 Å². The van der Waals surface area contributed by atoms with Crippen LogP contribution in [-0.2, 0) is 16.1 Å². The van der Waals surface area contributed by atoms with Crippen molar-refractivity contribution in [3.63, 3.8) is 0 Å². The van der Waals surface area contributed by atoms with Gasteiger partial charge in [0, 0.05) is 31.1 Å². The average Bonchev–Trinajstić information content (AvgIpc) is 3.15. The molecule has 172 valence electrons. The van der Waals surface area contributed by atoms with Crippen molar-refractivity contribution >= 4 is 23.5 Å². The van der Waals surface area contributed by atoms with Gasteiger partial charge in [-0.15, -0.1) is 0 Å². The van der Waals surface area contributed by atoms with E-state index in [9.17, 15) is 9.59 Å². The minimum Gasteiger partial charge on any atom is -0.475 e. The predicted molar refractivity (Wildman–Crippen MR) is 121 cm³/mol. The number of hydrogen-bond donors (Lipinski definition) is 2. The lowest BCUT2D eigenvalue weighted by Gasteiger charge is -2.47. The van der Waals surface area contributed by atoms with Crippen molar-refractivity contribution in [1.29, 1.82) is 0 Å². The maximum Gasteiger partial charge on any atom is 0.246 e. The Hall–Kier alpha value is -2.61. The first-order valence-corrected chi connectivity index (χ1v) is 12.0. The number of primary amides is 1. The maximum absolute atomic E-state index is 11.7. The summed E-state index contributed by atoms with van der Waals surface area (Å²) in [5.41, 5.74) is 7.34. The molecule has 3 atom stereocenters. The smallest absolute Gasteiger partial charge is 0.246 e. The van der Waals surface area contributed by atoms with Gasteiger partial charge in [-0.2, -0.15) is 0 Å². The van der Waals surface area contributed by atoms with Gasteiger partial charge < -0.3 is 15.4 Å². The highest BCUT2D eigenvalue weighted by atomic mass is 16.5. The number of rotatable bonds is 7. The third kappa shape index (κ3) is 4.46. The van der Waals surface area contributed by atoms with Crippen molar-refractivity contribution in [2.75, 3.05) is 13.1 Å². The van der Waals surface area contributed by atoms with E-state index in [4.69, 9.17) is 10.5 Å². The predicted octanol–water partition coefficient (Wildman–Crippen LogP) is 2.63. The Bertz CT molecular complexity index is 915. The number of hydrogen-bond acceptors (Lipinski definition) is 6. The van der Waals surface area contributed by atoms with Crippen LogP contribution < -0.4 is 15.8 Å². The standard InChI is InChI=1S/C24H33N5O3/c25-21(30)8-3-9-23(29-12-4-6-16-5-1-2-7-20(16)29)32-18-10-11-19-17(13-18)14-28-15-22(31)27-24(28)26-19/h10-11,13,16,20,23H,1-9,12,14-15H2,(H2,25,30)(H,26,27,31). The number of guanidine groups is 1. The Morgan fingerprint density at radius 2 is 2.06 bits per heavy atom. The van der Waals surface area contributed by atoms with Crippen LogP contribution in [0.1, 0.15) is 63.4 Å². The van der Waals surface area contributed by atoms with Crippen LogP contribution in [0.5, 0.6) is 5.75 Å². The van der Waals surface area contributed by atoms with Gasteiger partial charge in [0.15, 0.2) is 6.23 Å². The highest BCUT2D eigenvalue weighted by molar-refractivity contribution is 6.05. The molecule has 0 radical (unpaired) electrons. The lowest BCUT2D eigenvalue weighted by molar-refractivity contribution is -0.119. The largest absolute Gasteiger partial charge is 0.475 e. The third-order valence-electron chi connectivity index (χ3n) is 7.33. The van der Waals surface area contributed by atoms with Gasteiger partial charge in [0.1, 0.15) is 12.3 Å². The molecule has 1 aromatic rings. The number of carbonyl (C=O) groups excluding carboxylic acids is 2. The zero-order valence-electron chi connectivity index (χ0n) is 18.6. The minimum absolute atomic E-state index is 0.0188. The fourth-order valence-electron chi connectivity index (χ4n) is 5.83. The van der Waals surface area contributed by atoms with E-state index in [0.29, 0.717) is 31.5 Å². The first-order chi connectivity index (χ1) is 15.6. The molecule has 3 N–H and O–H groups in total. The van der Waals surface area contributed by atoms with Gasteiger partial charge in [0.25, 0.3) is 0 Å². The van der Waals surface area contributed by atoms with Crippen LogP contribution in [0.25, 0.3) is 0 Å². The van der Waals surface area contributed by atoms with Gasteiger partial charge in [-0.3, -0.25) is 19.8 Å². The van der Waals surface area contributed by atoms with Crippen molar-refractivity contribution in [2.45, 2.75) is 76.6 Å². The summed E-state index contributed by atoms with van der Waals surface area (Å²) >= 11 is 0. The fraction of sp³-hybridized carbons (Fsp3) is 0.625. The summed E-state index contributed by atoms with van der Waals surface area (Å²) in [5, 5.41) is 2.81. The van der Waals surface area contributed by atoms with Crippen LogP contribution in [0.15, 0.2) is 23.2 Å². The molecular formula is C24H33N5O3. The number of benzene rings is 1. The Morgan fingerprint density at radius 3 is 2.94 bits per heavy atom. The zero-order chi connectivity index (χ0) is 22.1. The van der Waals surface area contributed by atoms with Crippen molar-refractivity contribution in [1.82, 2.24) is 15.1 Å². The summed E-state index contributed by atoms with van der Waals surface area (Å²) in [6, 6.07) is 6.57. The Morgan fingerprint density at radius 1 is 1.22 bits per heavy atom. The van der Waals surface area contributed by atoms with E-state index in [2.05, 4.69) is 21.3 Å². The molecule has 3 unspecified atom stereocenters. The SMILES string of the molecule is NC(=O)CCCC(Oc1ccc2c(c1)CN1CC(=O)NC1=N2)N1CCCC2CCCCC21. The van der Waals surface area contributed by atoms with E-state index in [-0.39, 0.29) is 18.0 Å². The van der Waals surface area contributed by atoms with E-state index >= 15 is 0 Å². The second kappa shape index (κ2) is 9.10. The van der Waals surface area contributed by atoms with E-state index in [1.54, 1.807) is 0 Å². The number of piperidine rings is 1. The number of aliphatic imine (C=N–C) groups is 1. The summed E-state index contributed by atoms with van der Waals surface area (Å²) in [7, 11) is 0. The summed E-state index contributed by atoms with van der Waals surface area (Å²) in [5.74, 6) is 1.94. The zero-order valence-corrected chi connectivity index (χ0v) is 18.6. The van der Waals surface area contributed by atoms with E-state index < -0.39 is 0 Å². The molecule has 8 nitrogen and oxygen atoms in total. The van der Waals surface area contributed by atoms with Gasteiger partial charge in [0.05, 0.1) is 5.69 Å². The molecule has 8 heteroatoms. The summed E-state index contributed by atoms with van der Waals surface area (Å²) < 4.78 is 6.61. The van der Waals surface area contributed by atoms with E-state index in [0.717, 1.165) is 42.3 Å². The highest BCUT2D eigenvalue weighted by Crippen LogP contribution is 2.38.